The van der Waals surface area contributed by atoms with Crippen LogP contribution in [0.1, 0.15) is 10.4 Å². The van der Waals surface area contributed by atoms with Gasteiger partial charge in [-0.05, 0) is 42.5 Å². The average molecular weight is 427 g/mol. The highest BCUT2D eigenvalue weighted by Crippen LogP contribution is 2.24. The van der Waals surface area contributed by atoms with Crippen LogP contribution in [0.25, 0.3) is 0 Å². The summed E-state index contributed by atoms with van der Waals surface area (Å²) in [5, 5.41) is 13.6. The molecule has 3 aromatic carbocycles. The molecule has 0 bridgehead atoms. The normalized spacial score (nSPS) is 10.8. The van der Waals surface area contributed by atoms with Crippen LogP contribution in [0.3, 0.4) is 0 Å². The Morgan fingerprint density at radius 2 is 1.70 bits per heavy atom. The lowest BCUT2D eigenvalue weighted by Crippen LogP contribution is -2.14. The van der Waals surface area contributed by atoms with Gasteiger partial charge in [0.2, 0.25) is 0 Å². The maximum Gasteiger partial charge on any atom is 0.270 e. The maximum atomic E-state index is 12.5. The van der Waals surface area contributed by atoms with E-state index in [2.05, 4.69) is 10.0 Å². The van der Waals surface area contributed by atoms with E-state index in [1.165, 1.54) is 49.6 Å². The fourth-order valence-electron chi connectivity index (χ4n) is 2.61. The molecule has 0 atom stereocenters. The molecule has 0 aliphatic rings. The molecule has 0 heterocycles. The lowest BCUT2D eigenvalue weighted by molar-refractivity contribution is -0.385. The van der Waals surface area contributed by atoms with Crippen molar-refractivity contribution < 1.29 is 22.9 Å². The fraction of sp³-hybridized carbons (Fsp3) is 0.0500. The quantitative estimate of drug-likeness (QED) is 0.437. The van der Waals surface area contributed by atoms with E-state index in [-0.39, 0.29) is 16.3 Å². The number of sulfonamides is 1. The summed E-state index contributed by atoms with van der Waals surface area (Å²) in [4.78, 5) is 22.4. The van der Waals surface area contributed by atoms with E-state index in [9.17, 15) is 23.3 Å². The Bertz CT molecular complexity index is 1190. The maximum absolute atomic E-state index is 12.5. The van der Waals surface area contributed by atoms with E-state index in [0.717, 1.165) is 6.07 Å². The number of hydrogen-bond donors (Lipinski definition) is 2. The zero-order valence-corrected chi connectivity index (χ0v) is 16.5. The number of amides is 1. The Kier molecular flexibility index (Phi) is 5.98. The van der Waals surface area contributed by atoms with Gasteiger partial charge in [-0.15, -0.1) is 0 Å². The fourth-order valence-corrected chi connectivity index (χ4v) is 3.71. The molecule has 0 saturated carbocycles. The topological polar surface area (TPSA) is 128 Å². The molecule has 3 aromatic rings. The minimum absolute atomic E-state index is 0.204. The predicted molar refractivity (Wildman–Crippen MR) is 111 cm³/mol. The number of nitrogens with zero attached hydrogens (tertiary/aromatic N) is 1. The van der Waals surface area contributed by atoms with Gasteiger partial charge in [0.05, 0.1) is 22.6 Å². The zero-order valence-electron chi connectivity index (χ0n) is 15.7. The van der Waals surface area contributed by atoms with Gasteiger partial charge < -0.3 is 10.1 Å². The zero-order chi connectivity index (χ0) is 21.7. The molecule has 1 amide bonds. The summed E-state index contributed by atoms with van der Waals surface area (Å²) in [6.07, 6.45) is 0. The van der Waals surface area contributed by atoms with Gasteiger partial charge in [-0.3, -0.25) is 19.6 Å². The Morgan fingerprint density at radius 3 is 2.37 bits per heavy atom. The first-order valence-corrected chi connectivity index (χ1v) is 10.1. The Morgan fingerprint density at radius 1 is 1.00 bits per heavy atom. The lowest BCUT2D eigenvalue weighted by atomic mass is 10.2. The van der Waals surface area contributed by atoms with Crippen LogP contribution in [0.4, 0.5) is 17.1 Å². The van der Waals surface area contributed by atoms with Gasteiger partial charge in [0.25, 0.3) is 21.6 Å². The summed E-state index contributed by atoms with van der Waals surface area (Å²) in [6.45, 7) is 0. The molecule has 154 valence electrons. The van der Waals surface area contributed by atoms with Crippen LogP contribution < -0.4 is 14.8 Å². The molecule has 3 rings (SSSR count). The molecule has 9 nitrogen and oxygen atoms in total. The van der Waals surface area contributed by atoms with E-state index >= 15 is 0 Å². The van der Waals surface area contributed by atoms with Crippen molar-refractivity contribution in [2.45, 2.75) is 4.90 Å². The van der Waals surface area contributed by atoms with Crippen LogP contribution in [-0.2, 0) is 10.0 Å². The number of para-hydroxylation sites is 2. The van der Waals surface area contributed by atoms with Gasteiger partial charge in [-0.2, -0.15) is 0 Å². The minimum atomic E-state index is -4.03. The Labute approximate surface area is 172 Å². The van der Waals surface area contributed by atoms with Crippen molar-refractivity contribution in [3.05, 3.63) is 88.5 Å². The molecule has 0 aromatic heterocycles. The van der Waals surface area contributed by atoms with Crippen LogP contribution in [0, 0.1) is 10.1 Å². The van der Waals surface area contributed by atoms with E-state index in [1.807, 2.05) is 0 Å². The third kappa shape index (κ3) is 4.73. The van der Waals surface area contributed by atoms with Crippen LogP contribution in [0.2, 0.25) is 0 Å². The molecule has 0 unspecified atom stereocenters. The average Bonchev–Trinajstić information content (AvgIpc) is 2.74. The van der Waals surface area contributed by atoms with Crippen LogP contribution >= 0.6 is 0 Å². The largest absolute Gasteiger partial charge is 0.495 e. The molecule has 0 fully saturated rings. The van der Waals surface area contributed by atoms with Gasteiger partial charge in [-0.25, -0.2) is 8.42 Å². The van der Waals surface area contributed by atoms with Crippen molar-refractivity contribution in [3.8, 4) is 5.75 Å². The van der Waals surface area contributed by atoms with E-state index < -0.39 is 20.9 Å². The summed E-state index contributed by atoms with van der Waals surface area (Å²) in [6, 6.07) is 17.4. The van der Waals surface area contributed by atoms with E-state index in [0.29, 0.717) is 17.0 Å². The van der Waals surface area contributed by atoms with Crippen molar-refractivity contribution in [3.63, 3.8) is 0 Å². The lowest BCUT2D eigenvalue weighted by Gasteiger charge is -2.11. The van der Waals surface area contributed by atoms with Gasteiger partial charge in [0, 0.05) is 23.4 Å². The molecular weight excluding hydrogens is 410 g/mol. The number of carbonyl (C=O) groups is 1. The number of anilines is 2. The summed E-state index contributed by atoms with van der Waals surface area (Å²) in [5.74, 6) is 0.111. The van der Waals surface area contributed by atoms with Crippen molar-refractivity contribution >= 4 is 33.0 Å². The van der Waals surface area contributed by atoms with Crippen LogP contribution in [0.5, 0.6) is 5.75 Å². The summed E-state index contributed by atoms with van der Waals surface area (Å²) < 4.78 is 32.5. The summed E-state index contributed by atoms with van der Waals surface area (Å²) in [7, 11) is -2.54. The highest BCUT2D eigenvalue weighted by Gasteiger charge is 2.18. The molecule has 0 radical (unpaired) electrons. The molecule has 10 heteroatoms. The van der Waals surface area contributed by atoms with Crippen molar-refractivity contribution in [2.24, 2.45) is 0 Å². The third-order valence-electron chi connectivity index (χ3n) is 4.09. The number of methoxy groups -OCH3 is 1. The number of benzene rings is 3. The number of nitro groups is 1. The molecule has 0 spiro atoms. The van der Waals surface area contributed by atoms with Gasteiger partial charge in [0.1, 0.15) is 5.75 Å². The van der Waals surface area contributed by atoms with Crippen LogP contribution in [-0.4, -0.2) is 26.4 Å². The first-order chi connectivity index (χ1) is 14.3. The minimum Gasteiger partial charge on any atom is -0.495 e. The number of hydrogen-bond acceptors (Lipinski definition) is 6. The number of non-ortho nitro benzene ring substituents is 1. The SMILES string of the molecule is COc1ccccc1NC(=O)c1ccc(NS(=O)(=O)c2cccc([N+](=O)[O-])c2)cc1. The first kappa shape index (κ1) is 20.8. The molecule has 30 heavy (non-hydrogen) atoms. The Hall–Kier alpha value is -3.92. The number of ether oxygens (including phenoxy) is 1. The molecule has 0 aliphatic carbocycles. The summed E-state index contributed by atoms with van der Waals surface area (Å²) >= 11 is 0. The van der Waals surface area contributed by atoms with E-state index in [1.54, 1.807) is 24.3 Å². The van der Waals surface area contributed by atoms with Crippen molar-refractivity contribution in [2.75, 3.05) is 17.1 Å². The molecule has 0 aliphatic heterocycles. The van der Waals surface area contributed by atoms with Gasteiger partial charge >= 0.3 is 0 Å². The predicted octanol–water partition coefficient (Wildman–Crippen LogP) is 3.66. The second-order valence-corrected chi connectivity index (χ2v) is 7.77. The highest BCUT2D eigenvalue weighted by molar-refractivity contribution is 7.92. The smallest absolute Gasteiger partial charge is 0.270 e. The monoisotopic (exact) mass is 427 g/mol. The molecule has 0 saturated heterocycles. The van der Waals surface area contributed by atoms with Crippen molar-refractivity contribution in [1.29, 1.82) is 0 Å². The molecular formula is C20H17N3O6S. The standard InChI is InChI=1S/C20H17N3O6S/c1-29-19-8-3-2-7-18(19)21-20(24)14-9-11-15(12-10-14)22-30(27,28)17-6-4-5-16(13-17)23(25)26/h2-13,22H,1H3,(H,21,24). The van der Waals surface area contributed by atoms with E-state index in [4.69, 9.17) is 4.74 Å². The first-order valence-electron chi connectivity index (χ1n) is 8.62. The van der Waals surface area contributed by atoms with Crippen molar-refractivity contribution in [1.82, 2.24) is 0 Å². The second kappa shape index (κ2) is 8.62. The van der Waals surface area contributed by atoms with Crippen LogP contribution in [0.15, 0.2) is 77.7 Å². The number of rotatable bonds is 7. The molecule has 2 N–H and O–H groups in total. The second-order valence-electron chi connectivity index (χ2n) is 6.09. The number of nitrogens with one attached hydrogen (secondary N) is 2. The highest BCUT2D eigenvalue weighted by atomic mass is 32.2. The Balaban J connectivity index is 1.74. The van der Waals surface area contributed by atoms with Gasteiger partial charge in [-0.1, -0.05) is 18.2 Å². The summed E-state index contributed by atoms with van der Waals surface area (Å²) in [5.41, 5.74) is 0.677. The number of carbonyl (C=O) groups excluding carboxylic acids is 1. The van der Waals surface area contributed by atoms with Gasteiger partial charge in [0.15, 0.2) is 0 Å². The third-order valence-corrected chi connectivity index (χ3v) is 5.47. The number of nitro benzene ring substituents is 1.